The van der Waals surface area contributed by atoms with E-state index in [0.717, 1.165) is 17.6 Å². The first-order valence-corrected chi connectivity index (χ1v) is 12.4. The van der Waals surface area contributed by atoms with Gasteiger partial charge in [0.05, 0.1) is 4.90 Å². The van der Waals surface area contributed by atoms with Crippen LogP contribution in [0.25, 0.3) is 0 Å². The van der Waals surface area contributed by atoms with Gasteiger partial charge in [-0.05, 0) is 41.5 Å². The van der Waals surface area contributed by atoms with Crippen LogP contribution >= 0.6 is 0 Å². The van der Waals surface area contributed by atoms with Gasteiger partial charge >= 0.3 is 0 Å². The van der Waals surface area contributed by atoms with Gasteiger partial charge in [-0.15, -0.1) is 0 Å². The molecule has 0 N–H and O–H groups in total. The minimum absolute atomic E-state index is 0.0283. The second-order valence-electron chi connectivity index (χ2n) is 9.96. The van der Waals surface area contributed by atoms with Gasteiger partial charge in [0, 0.05) is 31.3 Å². The maximum Gasteiger partial charge on any atom is 0.243 e. The van der Waals surface area contributed by atoms with Gasteiger partial charge < -0.3 is 0 Å². The molecule has 0 bridgehead atoms. The van der Waals surface area contributed by atoms with Crippen LogP contribution < -0.4 is 0 Å². The topological polar surface area (TPSA) is 54.5 Å². The van der Waals surface area contributed by atoms with Crippen molar-refractivity contribution in [3.8, 4) is 0 Å². The second-order valence-corrected chi connectivity index (χ2v) is 11.9. The third kappa shape index (κ3) is 4.39. The maximum atomic E-state index is 13.5. The zero-order valence-corrected chi connectivity index (χ0v) is 19.4. The Bertz CT molecular complexity index is 1100. The number of carbonyl (C=O) groups excluding carboxylic acids is 1. The number of ketones is 1. The number of hydrogen-bond donors (Lipinski definition) is 0. The van der Waals surface area contributed by atoms with Crippen molar-refractivity contribution in [2.24, 2.45) is 5.41 Å². The molecule has 5 heteroatoms. The summed E-state index contributed by atoms with van der Waals surface area (Å²) in [6, 6.07) is 17.5. The molecule has 164 valence electrons. The Hall–Kier alpha value is -2.24. The fourth-order valence-electron chi connectivity index (χ4n) is 4.81. The van der Waals surface area contributed by atoms with Gasteiger partial charge in [-0.1, -0.05) is 74.9 Å². The van der Waals surface area contributed by atoms with Crippen molar-refractivity contribution in [2.75, 3.05) is 13.1 Å². The van der Waals surface area contributed by atoms with Gasteiger partial charge in [-0.3, -0.25) is 4.79 Å². The molecule has 1 unspecified atom stereocenters. The Labute approximate surface area is 186 Å². The summed E-state index contributed by atoms with van der Waals surface area (Å²) >= 11 is 0. The van der Waals surface area contributed by atoms with E-state index in [9.17, 15) is 13.2 Å². The zero-order chi connectivity index (χ0) is 22.3. The highest BCUT2D eigenvalue weighted by molar-refractivity contribution is 7.89. The Morgan fingerprint density at radius 1 is 1.00 bits per heavy atom. The molecular weight excluding hydrogens is 406 g/mol. The molecule has 0 spiro atoms. The van der Waals surface area contributed by atoms with Crippen LogP contribution in [0.4, 0.5) is 0 Å². The lowest BCUT2D eigenvalue weighted by Crippen LogP contribution is -2.49. The van der Waals surface area contributed by atoms with E-state index in [1.807, 2.05) is 36.4 Å². The lowest BCUT2D eigenvalue weighted by molar-refractivity contribution is -0.120. The number of sulfonamides is 1. The van der Waals surface area contributed by atoms with E-state index in [0.29, 0.717) is 37.2 Å². The molecule has 1 heterocycles. The van der Waals surface area contributed by atoms with Crippen molar-refractivity contribution in [2.45, 2.75) is 56.8 Å². The van der Waals surface area contributed by atoms with E-state index in [-0.39, 0.29) is 16.6 Å². The molecule has 2 aliphatic rings. The Morgan fingerprint density at radius 2 is 1.68 bits per heavy atom. The number of carbonyl (C=O) groups is 1. The number of fused-ring (bicyclic) bond motifs is 1. The van der Waals surface area contributed by atoms with Gasteiger partial charge in [-0.25, -0.2) is 8.42 Å². The van der Waals surface area contributed by atoms with E-state index in [1.165, 1.54) is 5.56 Å². The highest BCUT2D eigenvalue weighted by atomic mass is 32.2. The highest BCUT2D eigenvalue weighted by Crippen LogP contribution is 2.46. The molecule has 2 aromatic rings. The van der Waals surface area contributed by atoms with Gasteiger partial charge in [0.25, 0.3) is 0 Å². The average molecular weight is 438 g/mol. The summed E-state index contributed by atoms with van der Waals surface area (Å²) in [6.07, 6.45) is 4.40. The Balaban J connectivity index is 1.66. The minimum atomic E-state index is -3.61. The van der Waals surface area contributed by atoms with Crippen molar-refractivity contribution < 1.29 is 13.2 Å². The van der Waals surface area contributed by atoms with Gasteiger partial charge in [0.2, 0.25) is 10.0 Å². The van der Waals surface area contributed by atoms with Crippen molar-refractivity contribution in [3.63, 3.8) is 0 Å². The summed E-state index contributed by atoms with van der Waals surface area (Å²) in [7, 11) is -3.61. The standard InChI is InChI=1S/C26H31NO3S/c1-25(2,3)21-9-11-24(12-10-21)31(29,30)27-16-14-22-17-23(28)13-15-26(22,19-27)18-20-7-5-4-6-8-20/h4-12,14H,13,15-19H2,1-3H3. The monoisotopic (exact) mass is 437 g/mol. The Kier molecular flexibility index (Phi) is 5.69. The predicted octanol–water partition coefficient (Wildman–Crippen LogP) is 4.90. The molecule has 4 rings (SSSR count). The maximum absolute atomic E-state index is 13.5. The molecule has 1 atom stereocenters. The lowest BCUT2D eigenvalue weighted by Gasteiger charge is -2.45. The summed E-state index contributed by atoms with van der Waals surface area (Å²) in [5.74, 6) is 0.254. The zero-order valence-electron chi connectivity index (χ0n) is 18.6. The van der Waals surface area contributed by atoms with E-state index in [1.54, 1.807) is 16.4 Å². The van der Waals surface area contributed by atoms with Crippen LogP contribution in [0.3, 0.4) is 0 Å². The molecule has 1 aliphatic heterocycles. The number of nitrogens with zero attached hydrogens (tertiary/aromatic N) is 1. The molecule has 0 radical (unpaired) electrons. The van der Waals surface area contributed by atoms with Crippen LogP contribution in [-0.2, 0) is 26.7 Å². The van der Waals surface area contributed by atoms with Crippen molar-refractivity contribution in [1.29, 1.82) is 0 Å². The van der Waals surface area contributed by atoms with Gasteiger partial charge in [-0.2, -0.15) is 4.31 Å². The minimum Gasteiger partial charge on any atom is -0.299 e. The summed E-state index contributed by atoms with van der Waals surface area (Å²) < 4.78 is 28.6. The van der Waals surface area contributed by atoms with Crippen molar-refractivity contribution in [3.05, 3.63) is 77.4 Å². The lowest BCUT2D eigenvalue weighted by atomic mass is 9.65. The molecule has 1 aliphatic carbocycles. The van der Waals surface area contributed by atoms with E-state index >= 15 is 0 Å². The van der Waals surface area contributed by atoms with Crippen LogP contribution in [-0.4, -0.2) is 31.6 Å². The Morgan fingerprint density at radius 3 is 2.32 bits per heavy atom. The molecule has 0 aromatic heterocycles. The quantitative estimate of drug-likeness (QED) is 0.640. The first-order chi connectivity index (χ1) is 14.6. The van der Waals surface area contributed by atoms with E-state index < -0.39 is 10.0 Å². The second kappa shape index (κ2) is 8.03. The van der Waals surface area contributed by atoms with Crippen LogP contribution in [0.15, 0.2) is 71.1 Å². The summed E-state index contributed by atoms with van der Waals surface area (Å²) in [5.41, 5.74) is 3.06. The molecule has 1 fully saturated rings. The normalized spacial score (nSPS) is 22.7. The highest BCUT2D eigenvalue weighted by Gasteiger charge is 2.45. The first-order valence-electron chi connectivity index (χ1n) is 11.0. The van der Waals surface area contributed by atoms with Crippen LogP contribution in [0, 0.1) is 5.41 Å². The largest absolute Gasteiger partial charge is 0.299 e. The fraction of sp³-hybridized carbons (Fsp3) is 0.423. The van der Waals surface area contributed by atoms with E-state index in [4.69, 9.17) is 0 Å². The average Bonchev–Trinajstić information content (AvgIpc) is 2.74. The first kappa shape index (κ1) is 22.0. The molecule has 1 saturated carbocycles. The number of rotatable bonds is 4. The van der Waals surface area contributed by atoms with Crippen LogP contribution in [0.1, 0.15) is 51.2 Å². The predicted molar refractivity (Wildman–Crippen MR) is 123 cm³/mol. The summed E-state index contributed by atoms with van der Waals surface area (Å²) in [5, 5.41) is 0. The number of hydrogen-bond acceptors (Lipinski definition) is 3. The smallest absolute Gasteiger partial charge is 0.243 e. The molecule has 2 aromatic carbocycles. The number of Topliss-reactive ketones (excluding diaryl/α,β-unsaturated/α-hetero) is 1. The number of benzene rings is 2. The van der Waals surface area contributed by atoms with Gasteiger partial charge in [0.1, 0.15) is 5.78 Å². The molecule has 0 saturated heterocycles. The van der Waals surface area contributed by atoms with Crippen molar-refractivity contribution in [1.82, 2.24) is 4.31 Å². The van der Waals surface area contributed by atoms with Crippen molar-refractivity contribution >= 4 is 15.8 Å². The summed E-state index contributed by atoms with van der Waals surface area (Å²) in [6.45, 7) is 7.09. The fourth-order valence-corrected chi connectivity index (χ4v) is 6.28. The third-order valence-electron chi connectivity index (χ3n) is 6.71. The van der Waals surface area contributed by atoms with Gasteiger partial charge in [0.15, 0.2) is 0 Å². The molecule has 31 heavy (non-hydrogen) atoms. The summed E-state index contributed by atoms with van der Waals surface area (Å²) in [4.78, 5) is 12.5. The molecular formula is C26H31NO3S. The SMILES string of the molecule is CC(C)(C)c1ccc(S(=O)(=O)N2CC=C3CC(=O)CCC3(Cc3ccccc3)C2)cc1. The van der Waals surface area contributed by atoms with E-state index in [2.05, 4.69) is 32.9 Å². The third-order valence-corrected chi connectivity index (χ3v) is 8.54. The molecule has 0 amide bonds. The van der Waals surface area contributed by atoms with Crippen LogP contribution in [0.2, 0.25) is 0 Å². The molecule has 4 nitrogen and oxygen atoms in total. The van der Waals surface area contributed by atoms with Crippen LogP contribution in [0.5, 0.6) is 0 Å².